The first-order chi connectivity index (χ1) is 16.9. The Kier molecular flexibility index (Phi) is 6.94. The number of likely N-dealkylation sites (tertiary alicyclic amines) is 1. The molecule has 1 unspecified atom stereocenters. The summed E-state index contributed by atoms with van der Waals surface area (Å²) in [6, 6.07) is 13.2. The van der Waals surface area contributed by atoms with Gasteiger partial charge in [-0.25, -0.2) is 4.98 Å². The van der Waals surface area contributed by atoms with Gasteiger partial charge in [-0.3, -0.25) is 4.79 Å². The van der Waals surface area contributed by atoms with Crippen molar-refractivity contribution in [3.05, 3.63) is 58.9 Å². The zero-order chi connectivity index (χ0) is 24.5. The highest BCUT2D eigenvalue weighted by Crippen LogP contribution is 2.34. The summed E-state index contributed by atoms with van der Waals surface area (Å²) < 4.78 is 2.33. The lowest BCUT2D eigenvalue weighted by molar-refractivity contribution is -0.115. The maximum atomic E-state index is 11.7. The van der Waals surface area contributed by atoms with Crippen LogP contribution in [0.1, 0.15) is 74.2 Å². The van der Waals surface area contributed by atoms with Crippen molar-refractivity contribution in [3.8, 4) is 0 Å². The number of aromatic nitrogens is 2. The number of nitrogens with zero attached hydrogens (tertiary/aromatic N) is 3. The molecule has 5 rings (SSSR count). The van der Waals surface area contributed by atoms with Crippen LogP contribution < -0.4 is 5.32 Å². The number of imidazole rings is 1. The van der Waals surface area contributed by atoms with Gasteiger partial charge in [0.25, 0.3) is 0 Å². The van der Waals surface area contributed by atoms with Crippen molar-refractivity contribution >= 4 is 22.6 Å². The van der Waals surface area contributed by atoms with Crippen LogP contribution in [-0.2, 0) is 17.6 Å². The number of rotatable bonds is 7. The quantitative estimate of drug-likeness (QED) is 0.495. The number of anilines is 1. The predicted molar refractivity (Wildman–Crippen MR) is 141 cm³/mol. The van der Waals surface area contributed by atoms with Gasteiger partial charge in [0.1, 0.15) is 11.9 Å². The molecule has 1 aliphatic heterocycles. The van der Waals surface area contributed by atoms with E-state index in [1.54, 1.807) is 0 Å². The summed E-state index contributed by atoms with van der Waals surface area (Å²) in [4.78, 5) is 19.2. The monoisotopic (exact) mass is 474 g/mol. The summed E-state index contributed by atoms with van der Waals surface area (Å²) in [6.07, 6.45) is 5.02. The fourth-order valence-electron chi connectivity index (χ4n) is 5.92. The van der Waals surface area contributed by atoms with E-state index in [9.17, 15) is 9.90 Å². The Bertz CT molecular complexity index is 1210. The number of amides is 1. The summed E-state index contributed by atoms with van der Waals surface area (Å²) in [5.41, 5.74) is 7.08. The zero-order valence-electron chi connectivity index (χ0n) is 21.3. The van der Waals surface area contributed by atoms with E-state index < -0.39 is 6.10 Å². The number of hydrogen-bond donors (Lipinski definition) is 2. The number of piperidine rings is 1. The van der Waals surface area contributed by atoms with Gasteiger partial charge in [0, 0.05) is 37.8 Å². The number of carbonyl (C=O) groups is 1. The Morgan fingerprint density at radius 3 is 2.63 bits per heavy atom. The summed E-state index contributed by atoms with van der Waals surface area (Å²) >= 11 is 0. The molecule has 35 heavy (non-hydrogen) atoms. The van der Waals surface area contributed by atoms with Crippen molar-refractivity contribution in [2.45, 2.75) is 71.4 Å². The molecule has 0 spiro atoms. The Labute approximate surface area is 208 Å². The van der Waals surface area contributed by atoms with Crippen LogP contribution in [0.4, 0.5) is 5.69 Å². The minimum Gasteiger partial charge on any atom is -0.385 e. The molecule has 1 fully saturated rings. The molecule has 1 amide bonds. The van der Waals surface area contributed by atoms with Gasteiger partial charge >= 0.3 is 0 Å². The molecule has 1 saturated heterocycles. The molecular formula is C29H38N4O2. The van der Waals surface area contributed by atoms with Gasteiger partial charge in [-0.15, -0.1) is 0 Å². The first-order valence-corrected chi connectivity index (χ1v) is 13.3. The number of nitrogens with one attached hydrogen (secondary N) is 1. The van der Waals surface area contributed by atoms with Crippen molar-refractivity contribution in [2.75, 3.05) is 25.0 Å². The average Bonchev–Trinajstić information content (AvgIpc) is 3.44. The molecule has 186 valence electrons. The van der Waals surface area contributed by atoms with Gasteiger partial charge in [-0.2, -0.15) is 0 Å². The van der Waals surface area contributed by atoms with E-state index in [4.69, 9.17) is 4.98 Å². The Morgan fingerprint density at radius 1 is 1.11 bits per heavy atom. The summed E-state index contributed by atoms with van der Waals surface area (Å²) in [5, 5.41) is 13.7. The van der Waals surface area contributed by atoms with Gasteiger partial charge in [-0.1, -0.05) is 26.0 Å². The highest BCUT2D eigenvalue weighted by molar-refractivity contribution is 5.90. The lowest BCUT2D eigenvalue weighted by atomic mass is 10.00. The number of carbonyl (C=O) groups excluding carboxylic acids is 1. The standard InChI is InChI=1S/C29H38N4O2/c1-4-27(34)29-31-25-14-19(3)6-9-26(25)33(29)24-10-12-32(13-11-24)18-20-15-21-7-8-23(17-22(21)16-20)30-28(35)5-2/h6-9,14,17,20,24,27,34H,4-5,10-13,15-16,18H2,1-3H3,(H,30,35)/t20-,27?/m1/s1. The van der Waals surface area contributed by atoms with E-state index in [1.165, 1.54) is 16.7 Å². The van der Waals surface area contributed by atoms with Crippen LogP contribution in [0.3, 0.4) is 0 Å². The summed E-state index contributed by atoms with van der Waals surface area (Å²) in [5.74, 6) is 1.52. The first kappa shape index (κ1) is 24.0. The summed E-state index contributed by atoms with van der Waals surface area (Å²) in [7, 11) is 0. The number of aliphatic hydroxyl groups excluding tert-OH is 1. The van der Waals surface area contributed by atoms with E-state index in [-0.39, 0.29) is 5.91 Å². The van der Waals surface area contributed by atoms with E-state index in [0.717, 1.165) is 67.9 Å². The van der Waals surface area contributed by atoms with Crippen LogP contribution in [0.2, 0.25) is 0 Å². The fraction of sp³-hybridized carbons (Fsp3) is 0.517. The zero-order valence-corrected chi connectivity index (χ0v) is 21.3. The van der Waals surface area contributed by atoms with Crippen molar-refractivity contribution < 1.29 is 9.90 Å². The number of aliphatic hydroxyl groups is 1. The molecule has 2 aliphatic rings. The molecule has 2 atom stereocenters. The second-order valence-corrected chi connectivity index (χ2v) is 10.4. The molecule has 0 saturated carbocycles. The van der Waals surface area contributed by atoms with Crippen LogP contribution in [0.25, 0.3) is 11.0 Å². The molecular weight excluding hydrogens is 436 g/mol. The lowest BCUT2D eigenvalue weighted by Gasteiger charge is -2.35. The third-order valence-electron chi connectivity index (χ3n) is 7.82. The predicted octanol–water partition coefficient (Wildman–Crippen LogP) is 5.19. The molecule has 1 aliphatic carbocycles. The van der Waals surface area contributed by atoms with Gasteiger partial charge < -0.3 is 19.9 Å². The molecule has 2 N–H and O–H groups in total. The molecule has 2 heterocycles. The van der Waals surface area contributed by atoms with Crippen molar-refractivity contribution in [3.63, 3.8) is 0 Å². The smallest absolute Gasteiger partial charge is 0.224 e. The molecule has 2 aromatic carbocycles. The van der Waals surface area contributed by atoms with Crippen LogP contribution in [0.5, 0.6) is 0 Å². The largest absolute Gasteiger partial charge is 0.385 e. The van der Waals surface area contributed by atoms with E-state index >= 15 is 0 Å². The molecule has 0 bridgehead atoms. The normalized spacial score (nSPS) is 19.7. The molecule has 1 aromatic heterocycles. The van der Waals surface area contributed by atoms with Crippen LogP contribution >= 0.6 is 0 Å². The molecule has 0 radical (unpaired) electrons. The van der Waals surface area contributed by atoms with Gasteiger partial charge in [0.2, 0.25) is 5.91 Å². The highest BCUT2D eigenvalue weighted by atomic mass is 16.3. The average molecular weight is 475 g/mol. The van der Waals surface area contributed by atoms with Crippen LogP contribution in [0.15, 0.2) is 36.4 Å². The second-order valence-electron chi connectivity index (χ2n) is 10.4. The van der Waals surface area contributed by atoms with Crippen LogP contribution in [0, 0.1) is 12.8 Å². The minimum atomic E-state index is -0.523. The van der Waals surface area contributed by atoms with E-state index in [2.05, 4.69) is 52.0 Å². The number of aryl methyl sites for hydroxylation is 1. The van der Waals surface area contributed by atoms with Crippen molar-refractivity contribution in [1.29, 1.82) is 0 Å². The van der Waals surface area contributed by atoms with E-state index in [0.29, 0.717) is 24.8 Å². The number of fused-ring (bicyclic) bond motifs is 2. The Morgan fingerprint density at radius 2 is 1.89 bits per heavy atom. The van der Waals surface area contributed by atoms with Crippen molar-refractivity contribution in [1.82, 2.24) is 14.5 Å². The molecule has 6 heteroatoms. The first-order valence-electron chi connectivity index (χ1n) is 13.3. The number of benzene rings is 2. The topological polar surface area (TPSA) is 70.4 Å². The van der Waals surface area contributed by atoms with Crippen molar-refractivity contribution in [2.24, 2.45) is 5.92 Å². The molecule has 6 nitrogen and oxygen atoms in total. The third-order valence-corrected chi connectivity index (χ3v) is 7.82. The van der Waals surface area contributed by atoms with Gasteiger partial charge in [0.15, 0.2) is 0 Å². The van der Waals surface area contributed by atoms with Crippen LogP contribution in [-0.4, -0.2) is 45.1 Å². The highest BCUT2D eigenvalue weighted by Gasteiger charge is 2.29. The minimum absolute atomic E-state index is 0.0674. The SMILES string of the molecule is CCC(=O)Nc1ccc2c(c1)C[C@H](CN1CCC(n3c(C(O)CC)nc4cc(C)ccc43)CC1)C2. The Balaban J connectivity index is 1.23. The van der Waals surface area contributed by atoms with E-state index in [1.807, 2.05) is 19.9 Å². The third kappa shape index (κ3) is 5.00. The lowest BCUT2D eigenvalue weighted by Crippen LogP contribution is -2.38. The van der Waals surface area contributed by atoms with Gasteiger partial charge in [0.05, 0.1) is 11.0 Å². The Hall–Kier alpha value is -2.70. The second kappa shape index (κ2) is 10.1. The maximum Gasteiger partial charge on any atom is 0.224 e. The number of hydrogen-bond acceptors (Lipinski definition) is 4. The summed E-state index contributed by atoms with van der Waals surface area (Å²) in [6.45, 7) is 9.25. The molecule has 3 aromatic rings. The maximum absolute atomic E-state index is 11.7. The van der Waals surface area contributed by atoms with Gasteiger partial charge in [-0.05, 0) is 85.9 Å². The fourth-order valence-corrected chi connectivity index (χ4v) is 5.92.